The minimum absolute atomic E-state index is 0.180. The van der Waals surface area contributed by atoms with E-state index in [1.165, 1.54) is 10.9 Å². The number of hydrogen-bond donors (Lipinski definition) is 1. The van der Waals surface area contributed by atoms with Crippen molar-refractivity contribution in [3.05, 3.63) is 42.1 Å². The Balaban J connectivity index is 1.28. The summed E-state index contributed by atoms with van der Waals surface area (Å²) < 4.78 is 5.46. The average molecular weight is 339 g/mol. The fourth-order valence-corrected chi connectivity index (χ4v) is 3.78. The van der Waals surface area contributed by atoms with Crippen molar-refractivity contribution in [3.63, 3.8) is 0 Å². The first-order valence-corrected chi connectivity index (χ1v) is 8.96. The number of fused-ring (bicyclic) bond motifs is 2. The monoisotopic (exact) mass is 339 g/mol. The number of rotatable bonds is 3. The molecule has 1 aromatic heterocycles. The van der Waals surface area contributed by atoms with E-state index in [4.69, 9.17) is 4.74 Å². The number of aromatic nitrogens is 1. The number of hydrogen-bond acceptors (Lipinski definition) is 4. The van der Waals surface area contributed by atoms with Crippen LogP contribution in [0.25, 0.3) is 10.9 Å². The second-order valence-electron chi connectivity index (χ2n) is 8.15. The highest BCUT2D eigenvalue weighted by Gasteiger charge is 2.56. The highest BCUT2D eigenvalue weighted by molar-refractivity contribution is 5.78. The molecule has 1 aliphatic carbocycles. The van der Waals surface area contributed by atoms with E-state index in [-0.39, 0.29) is 6.09 Å². The van der Waals surface area contributed by atoms with Gasteiger partial charge in [0.25, 0.3) is 0 Å². The molecule has 0 radical (unpaired) electrons. The van der Waals surface area contributed by atoms with Gasteiger partial charge in [-0.2, -0.15) is 0 Å². The summed E-state index contributed by atoms with van der Waals surface area (Å²) in [5.74, 6) is 1.13. The molecule has 2 aliphatic rings. The van der Waals surface area contributed by atoms with Gasteiger partial charge >= 0.3 is 6.09 Å². The van der Waals surface area contributed by atoms with Crippen molar-refractivity contribution in [1.29, 1.82) is 0 Å². The van der Waals surface area contributed by atoms with E-state index in [1.54, 1.807) is 0 Å². The fraction of sp³-hybridized carbons (Fsp3) is 0.500. The summed E-state index contributed by atoms with van der Waals surface area (Å²) in [6.45, 7) is 8.19. The van der Waals surface area contributed by atoms with Gasteiger partial charge < -0.3 is 15.0 Å². The molecule has 25 heavy (non-hydrogen) atoms. The number of benzene rings is 1. The molecule has 1 saturated carbocycles. The van der Waals surface area contributed by atoms with Crippen LogP contribution in [0.3, 0.4) is 0 Å². The first-order valence-electron chi connectivity index (χ1n) is 8.96. The maximum Gasteiger partial charge on any atom is 0.410 e. The summed E-state index contributed by atoms with van der Waals surface area (Å²) in [7, 11) is 0. The Morgan fingerprint density at radius 2 is 2.04 bits per heavy atom. The average Bonchev–Trinajstić information content (AvgIpc) is 3.00. The third kappa shape index (κ3) is 3.47. The van der Waals surface area contributed by atoms with E-state index in [0.29, 0.717) is 17.9 Å². The number of amides is 1. The van der Waals surface area contributed by atoms with Gasteiger partial charge in [-0.3, -0.25) is 4.98 Å². The highest BCUT2D eigenvalue weighted by atomic mass is 16.6. The number of nitrogens with zero attached hydrogens (tertiary/aromatic N) is 2. The van der Waals surface area contributed by atoms with Crippen LogP contribution in [-0.4, -0.2) is 40.7 Å². The lowest BCUT2D eigenvalue weighted by Crippen LogP contribution is -2.39. The van der Waals surface area contributed by atoms with Crippen LogP contribution < -0.4 is 5.32 Å². The lowest BCUT2D eigenvalue weighted by molar-refractivity contribution is 0.0269. The minimum atomic E-state index is -0.424. The standard InChI is InChI=1S/C20H25N3O2/c1-20(2,3)25-19(24)23-11-15-16(12-23)18(15)22-10-13-6-7-17-14(9-13)5-4-8-21-17/h4-9,15-16,18,22H,10-12H2,1-3H3. The first-order chi connectivity index (χ1) is 11.9. The molecule has 1 saturated heterocycles. The number of carbonyl (C=O) groups is 1. The van der Waals surface area contributed by atoms with Gasteiger partial charge in [-0.25, -0.2) is 4.79 Å². The van der Waals surface area contributed by atoms with Crippen LogP contribution in [-0.2, 0) is 11.3 Å². The lowest BCUT2D eigenvalue weighted by Gasteiger charge is -2.26. The molecular formula is C20H25N3O2. The Hall–Kier alpha value is -2.14. The number of likely N-dealkylation sites (tertiary alicyclic amines) is 1. The van der Waals surface area contributed by atoms with E-state index < -0.39 is 5.60 Å². The number of carbonyl (C=O) groups excluding carboxylic acids is 1. The number of ether oxygens (including phenoxy) is 1. The lowest BCUT2D eigenvalue weighted by atomic mass is 10.1. The van der Waals surface area contributed by atoms with Gasteiger partial charge in [0, 0.05) is 37.3 Å². The summed E-state index contributed by atoms with van der Waals surface area (Å²) in [6, 6.07) is 11.0. The molecule has 1 amide bonds. The van der Waals surface area contributed by atoms with Gasteiger partial charge in [0.15, 0.2) is 0 Å². The summed E-state index contributed by atoms with van der Waals surface area (Å²) in [4.78, 5) is 18.3. The molecular weight excluding hydrogens is 314 g/mol. The Bertz CT molecular complexity index is 787. The van der Waals surface area contributed by atoms with E-state index in [2.05, 4.69) is 34.6 Å². The largest absolute Gasteiger partial charge is 0.444 e. The van der Waals surface area contributed by atoms with Crippen LogP contribution >= 0.6 is 0 Å². The van der Waals surface area contributed by atoms with Gasteiger partial charge in [0.05, 0.1) is 5.52 Å². The van der Waals surface area contributed by atoms with Crippen molar-refractivity contribution in [3.8, 4) is 0 Å². The topological polar surface area (TPSA) is 54.5 Å². The molecule has 2 unspecified atom stereocenters. The van der Waals surface area contributed by atoms with Crippen molar-refractivity contribution in [1.82, 2.24) is 15.2 Å². The first kappa shape index (κ1) is 16.3. The van der Waals surface area contributed by atoms with Crippen molar-refractivity contribution in [2.24, 2.45) is 11.8 Å². The van der Waals surface area contributed by atoms with E-state index in [0.717, 1.165) is 25.2 Å². The Morgan fingerprint density at radius 1 is 1.28 bits per heavy atom. The molecule has 1 aromatic carbocycles. The van der Waals surface area contributed by atoms with Crippen LogP contribution in [0.5, 0.6) is 0 Å². The van der Waals surface area contributed by atoms with E-state index in [9.17, 15) is 4.79 Å². The smallest absolute Gasteiger partial charge is 0.410 e. The zero-order chi connectivity index (χ0) is 17.6. The SMILES string of the molecule is CC(C)(C)OC(=O)N1CC2C(C1)C2NCc1ccc2ncccc2c1. The van der Waals surface area contributed by atoms with Crippen LogP contribution in [0.4, 0.5) is 4.79 Å². The summed E-state index contributed by atoms with van der Waals surface area (Å²) in [6.07, 6.45) is 1.64. The molecule has 2 atom stereocenters. The van der Waals surface area contributed by atoms with Crippen molar-refractivity contribution in [2.75, 3.05) is 13.1 Å². The maximum absolute atomic E-state index is 12.1. The number of pyridine rings is 1. The molecule has 1 N–H and O–H groups in total. The molecule has 4 rings (SSSR count). The molecule has 2 aromatic rings. The molecule has 0 bridgehead atoms. The summed E-state index contributed by atoms with van der Waals surface area (Å²) in [5, 5.41) is 4.82. The van der Waals surface area contributed by atoms with Gasteiger partial charge in [-0.1, -0.05) is 12.1 Å². The van der Waals surface area contributed by atoms with Crippen molar-refractivity contribution < 1.29 is 9.53 Å². The number of piperidine rings is 1. The second-order valence-corrected chi connectivity index (χ2v) is 8.15. The van der Waals surface area contributed by atoms with Crippen LogP contribution in [0.1, 0.15) is 26.3 Å². The molecule has 5 nitrogen and oxygen atoms in total. The predicted octanol–water partition coefficient (Wildman–Crippen LogP) is 3.19. The molecule has 2 fully saturated rings. The van der Waals surface area contributed by atoms with Gasteiger partial charge in [-0.05, 0) is 56.4 Å². The van der Waals surface area contributed by atoms with Gasteiger partial charge in [0.1, 0.15) is 5.60 Å². The third-order valence-corrected chi connectivity index (χ3v) is 5.06. The normalized spacial score (nSPS) is 25.1. The van der Waals surface area contributed by atoms with Gasteiger partial charge in [0.2, 0.25) is 0 Å². The maximum atomic E-state index is 12.1. The zero-order valence-corrected chi connectivity index (χ0v) is 15.0. The molecule has 1 aliphatic heterocycles. The number of nitrogens with one attached hydrogen (secondary N) is 1. The van der Waals surface area contributed by atoms with E-state index in [1.807, 2.05) is 37.9 Å². The molecule has 0 spiro atoms. The van der Waals surface area contributed by atoms with Crippen molar-refractivity contribution >= 4 is 17.0 Å². The quantitative estimate of drug-likeness (QED) is 0.933. The minimum Gasteiger partial charge on any atom is -0.444 e. The zero-order valence-electron chi connectivity index (χ0n) is 15.0. The Morgan fingerprint density at radius 3 is 2.76 bits per heavy atom. The predicted molar refractivity (Wildman–Crippen MR) is 97.2 cm³/mol. The molecule has 2 heterocycles. The van der Waals surface area contributed by atoms with Crippen LogP contribution in [0, 0.1) is 11.8 Å². The Kier molecular flexibility index (Phi) is 3.91. The highest BCUT2D eigenvalue weighted by Crippen LogP contribution is 2.45. The van der Waals surface area contributed by atoms with E-state index >= 15 is 0 Å². The summed E-state index contributed by atoms with van der Waals surface area (Å²) >= 11 is 0. The third-order valence-electron chi connectivity index (χ3n) is 5.06. The van der Waals surface area contributed by atoms with Crippen molar-refractivity contribution in [2.45, 2.75) is 39.0 Å². The Labute approximate surface area is 148 Å². The fourth-order valence-electron chi connectivity index (χ4n) is 3.78. The molecule has 132 valence electrons. The van der Waals surface area contributed by atoms with Crippen LogP contribution in [0.15, 0.2) is 36.5 Å². The molecule has 5 heteroatoms. The second kappa shape index (κ2) is 5.99. The van der Waals surface area contributed by atoms with Crippen LogP contribution in [0.2, 0.25) is 0 Å². The summed E-state index contributed by atoms with van der Waals surface area (Å²) in [5.41, 5.74) is 1.88. The van der Waals surface area contributed by atoms with Gasteiger partial charge in [-0.15, -0.1) is 0 Å².